The van der Waals surface area contributed by atoms with Gasteiger partial charge in [0.05, 0.1) is 6.04 Å². The van der Waals surface area contributed by atoms with Crippen LogP contribution < -0.4 is 4.90 Å². The fraction of sp³-hybridized carbons (Fsp3) is 0.0769. The van der Waals surface area contributed by atoms with Crippen LogP contribution in [0.2, 0.25) is 0 Å². The van der Waals surface area contributed by atoms with Gasteiger partial charge in [0.1, 0.15) is 0 Å². The van der Waals surface area contributed by atoms with Crippen LogP contribution in [0.15, 0.2) is 121 Å². The molecule has 0 radical (unpaired) electrons. The van der Waals surface area contributed by atoms with Crippen molar-refractivity contribution in [1.29, 1.82) is 0 Å². The molecule has 0 aliphatic heterocycles. The number of para-hydroxylation sites is 2. The van der Waals surface area contributed by atoms with E-state index in [4.69, 9.17) is 0 Å². The SMILES string of the molecule is c1ccc(CC(c2ccccc2)N(c2ccccc2)c2ccccc2)cc1. The fourth-order valence-electron chi connectivity index (χ4n) is 3.56. The Morgan fingerprint density at radius 1 is 0.481 bits per heavy atom. The predicted octanol–water partition coefficient (Wildman–Crippen LogP) is 6.81. The molecule has 1 atom stereocenters. The molecule has 4 aromatic carbocycles. The molecule has 0 saturated carbocycles. The average Bonchev–Trinajstić information content (AvgIpc) is 2.76. The third-order valence-electron chi connectivity index (χ3n) is 4.84. The lowest BCUT2D eigenvalue weighted by molar-refractivity contribution is 0.693. The van der Waals surface area contributed by atoms with Crippen molar-refractivity contribution >= 4 is 11.4 Å². The van der Waals surface area contributed by atoms with Gasteiger partial charge in [0.2, 0.25) is 0 Å². The van der Waals surface area contributed by atoms with Crippen molar-refractivity contribution in [2.45, 2.75) is 12.5 Å². The van der Waals surface area contributed by atoms with Crippen LogP contribution in [0.5, 0.6) is 0 Å². The molecule has 4 rings (SSSR count). The van der Waals surface area contributed by atoms with Gasteiger partial charge in [-0.15, -0.1) is 0 Å². The summed E-state index contributed by atoms with van der Waals surface area (Å²) in [4.78, 5) is 2.45. The summed E-state index contributed by atoms with van der Waals surface area (Å²) in [7, 11) is 0. The van der Waals surface area contributed by atoms with Crippen molar-refractivity contribution in [3.05, 3.63) is 132 Å². The molecule has 27 heavy (non-hydrogen) atoms. The first-order valence-electron chi connectivity index (χ1n) is 9.40. The largest absolute Gasteiger partial charge is 0.334 e. The third kappa shape index (κ3) is 4.09. The second kappa shape index (κ2) is 8.37. The van der Waals surface area contributed by atoms with Crippen LogP contribution in [0.3, 0.4) is 0 Å². The molecule has 0 aromatic heterocycles. The molecule has 1 heteroatoms. The van der Waals surface area contributed by atoms with E-state index in [-0.39, 0.29) is 6.04 Å². The first-order valence-corrected chi connectivity index (χ1v) is 9.40. The standard InChI is InChI=1S/C26H23N/c1-5-13-22(14-6-1)21-26(23-15-7-2-8-16-23)27(24-17-9-3-10-18-24)25-19-11-4-12-20-25/h1-20,26H,21H2. The summed E-state index contributed by atoms with van der Waals surface area (Å²) >= 11 is 0. The number of benzene rings is 4. The minimum Gasteiger partial charge on any atom is -0.334 e. The number of hydrogen-bond donors (Lipinski definition) is 0. The Bertz CT molecular complexity index is 895. The maximum absolute atomic E-state index is 2.45. The summed E-state index contributed by atoms with van der Waals surface area (Å²) in [5.74, 6) is 0. The molecule has 0 N–H and O–H groups in total. The minimum absolute atomic E-state index is 0.207. The summed E-state index contributed by atoms with van der Waals surface area (Å²) in [5.41, 5.74) is 5.05. The van der Waals surface area contributed by atoms with E-state index >= 15 is 0 Å². The second-order valence-corrected chi connectivity index (χ2v) is 6.66. The highest BCUT2D eigenvalue weighted by atomic mass is 15.2. The molecule has 0 heterocycles. The van der Waals surface area contributed by atoms with Crippen LogP contribution in [0, 0.1) is 0 Å². The van der Waals surface area contributed by atoms with Gasteiger partial charge >= 0.3 is 0 Å². The van der Waals surface area contributed by atoms with E-state index < -0.39 is 0 Å². The van der Waals surface area contributed by atoms with Gasteiger partial charge < -0.3 is 4.90 Å². The summed E-state index contributed by atoms with van der Waals surface area (Å²) in [5, 5.41) is 0. The van der Waals surface area contributed by atoms with Gasteiger partial charge in [-0.05, 0) is 41.8 Å². The third-order valence-corrected chi connectivity index (χ3v) is 4.84. The smallest absolute Gasteiger partial charge is 0.0631 e. The molecular weight excluding hydrogens is 326 g/mol. The molecular formula is C26H23N. The summed E-state index contributed by atoms with van der Waals surface area (Å²) < 4.78 is 0. The number of hydrogen-bond acceptors (Lipinski definition) is 1. The van der Waals surface area contributed by atoms with Crippen molar-refractivity contribution in [2.75, 3.05) is 4.90 Å². The Labute approximate surface area is 161 Å². The first-order chi connectivity index (χ1) is 13.4. The number of nitrogens with zero attached hydrogens (tertiary/aromatic N) is 1. The van der Waals surface area contributed by atoms with E-state index in [0.717, 1.165) is 6.42 Å². The molecule has 4 aromatic rings. The van der Waals surface area contributed by atoms with Crippen molar-refractivity contribution < 1.29 is 0 Å². The molecule has 0 spiro atoms. The lowest BCUT2D eigenvalue weighted by Crippen LogP contribution is -2.25. The van der Waals surface area contributed by atoms with Gasteiger partial charge in [-0.3, -0.25) is 0 Å². The molecule has 0 aliphatic rings. The first kappa shape index (κ1) is 17.1. The Balaban J connectivity index is 1.83. The Hall–Kier alpha value is -3.32. The zero-order valence-corrected chi connectivity index (χ0v) is 15.3. The highest BCUT2D eigenvalue weighted by molar-refractivity contribution is 5.65. The minimum atomic E-state index is 0.207. The van der Waals surface area contributed by atoms with Crippen LogP contribution in [0.25, 0.3) is 0 Å². The topological polar surface area (TPSA) is 3.24 Å². The van der Waals surface area contributed by atoms with Crippen molar-refractivity contribution in [1.82, 2.24) is 0 Å². The van der Waals surface area contributed by atoms with Gasteiger partial charge in [0, 0.05) is 11.4 Å². The Kier molecular flexibility index (Phi) is 5.31. The van der Waals surface area contributed by atoms with E-state index in [1.165, 1.54) is 22.5 Å². The Morgan fingerprint density at radius 2 is 0.889 bits per heavy atom. The molecule has 0 bridgehead atoms. The van der Waals surface area contributed by atoms with Crippen molar-refractivity contribution in [3.63, 3.8) is 0 Å². The molecule has 1 unspecified atom stereocenters. The van der Waals surface area contributed by atoms with E-state index in [9.17, 15) is 0 Å². The fourth-order valence-corrected chi connectivity index (χ4v) is 3.56. The van der Waals surface area contributed by atoms with E-state index in [1.807, 2.05) is 0 Å². The second-order valence-electron chi connectivity index (χ2n) is 6.66. The maximum atomic E-state index is 2.45. The summed E-state index contributed by atoms with van der Waals surface area (Å²) in [6, 6.07) is 43.1. The van der Waals surface area contributed by atoms with Crippen molar-refractivity contribution in [3.8, 4) is 0 Å². The zero-order valence-electron chi connectivity index (χ0n) is 15.3. The van der Waals surface area contributed by atoms with E-state index in [2.05, 4.69) is 126 Å². The molecule has 1 nitrogen and oxygen atoms in total. The monoisotopic (exact) mass is 349 g/mol. The predicted molar refractivity (Wildman–Crippen MR) is 114 cm³/mol. The van der Waals surface area contributed by atoms with Crippen LogP contribution >= 0.6 is 0 Å². The zero-order chi connectivity index (χ0) is 18.3. The van der Waals surface area contributed by atoms with Gasteiger partial charge in [-0.1, -0.05) is 97.1 Å². The van der Waals surface area contributed by atoms with Crippen LogP contribution in [-0.2, 0) is 6.42 Å². The summed E-state index contributed by atoms with van der Waals surface area (Å²) in [6.07, 6.45) is 0.939. The molecule has 0 amide bonds. The van der Waals surface area contributed by atoms with Crippen LogP contribution in [-0.4, -0.2) is 0 Å². The van der Waals surface area contributed by atoms with Crippen LogP contribution in [0.1, 0.15) is 17.2 Å². The number of rotatable bonds is 6. The number of anilines is 2. The van der Waals surface area contributed by atoms with E-state index in [1.54, 1.807) is 0 Å². The van der Waals surface area contributed by atoms with Gasteiger partial charge in [0.15, 0.2) is 0 Å². The highest BCUT2D eigenvalue weighted by Gasteiger charge is 2.22. The van der Waals surface area contributed by atoms with Crippen LogP contribution in [0.4, 0.5) is 11.4 Å². The summed E-state index contributed by atoms with van der Waals surface area (Å²) in [6.45, 7) is 0. The lowest BCUT2D eigenvalue weighted by Gasteiger charge is -2.34. The lowest BCUT2D eigenvalue weighted by atomic mass is 9.96. The van der Waals surface area contributed by atoms with Crippen molar-refractivity contribution in [2.24, 2.45) is 0 Å². The molecule has 0 fully saturated rings. The average molecular weight is 349 g/mol. The van der Waals surface area contributed by atoms with Gasteiger partial charge in [-0.2, -0.15) is 0 Å². The van der Waals surface area contributed by atoms with Gasteiger partial charge in [-0.25, -0.2) is 0 Å². The van der Waals surface area contributed by atoms with Gasteiger partial charge in [0.25, 0.3) is 0 Å². The quantitative estimate of drug-likeness (QED) is 0.369. The van der Waals surface area contributed by atoms with E-state index in [0.29, 0.717) is 0 Å². The normalized spacial score (nSPS) is 11.7. The molecule has 0 saturated heterocycles. The molecule has 0 aliphatic carbocycles. The Morgan fingerprint density at radius 3 is 1.37 bits per heavy atom. The maximum Gasteiger partial charge on any atom is 0.0631 e. The highest BCUT2D eigenvalue weighted by Crippen LogP contribution is 2.36. The molecule has 132 valence electrons.